The molecule has 0 fully saturated rings. The van der Waals surface area contributed by atoms with E-state index in [1.54, 1.807) is 7.11 Å². The van der Waals surface area contributed by atoms with Crippen molar-refractivity contribution in [3.8, 4) is 0 Å². The first-order valence-electron chi connectivity index (χ1n) is 9.37. The van der Waals surface area contributed by atoms with Crippen LogP contribution in [0.2, 0.25) is 0 Å². The second-order valence-corrected chi connectivity index (χ2v) is 6.88. The molecule has 5 heteroatoms. The Labute approximate surface area is 160 Å². The van der Waals surface area contributed by atoms with Crippen LogP contribution in [-0.2, 0) is 27.3 Å². The summed E-state index contributed by atoms with van der Waals surface area (Å²) in [5, 5.41) is 2.95. The Morgan fingerprint density at radius 3 is 2.67 bits per heavy atom. The van der Waals surface area contributed by atoms with Crippen molar-refractivity contribution < 1.29 is 14.3 Å². The van der Waals surface area contributed by atoms with Gasteiger partial charge in [-0.2, -0.15) is 0 Å². The summed E-state index contributed by atoms with van der Waals surface area (Å²) in [6.45, 7) is 1.60. The van der Waals surface area contributed by atoms with Crippen LogP contribution < -0.4 is 5.32 Å². The number of nitrogens with one attached hydrogen (secondary N) is 1. The van der Waals surface area contributed by atoms with Crippen LogP contribution in [-0.4, -0.2) is 37.0 Å². The monoisotopic (exact) mass is 366 g/mol. The smallest absolute Gasteiger partial charge is 0.227 e. The number of amides is 2. The van der Waals surface area contributed by atoms with Crippen LogP contribution in [0.25, 0.3) is 0 Å². The number of carbonyl (C=O) groups is 2. The summed E-state index contributed by atoms with van der Waals surface area (Å²) >= 11 is 0. The lowest BCUT2D eigenvalue weighted by Gasteiger charge is -2.26. The minimum absolute atomic E-state index is 0.00741. The molecule has 1 unspecified atom stereocenters. The average Bonchev–Trinajstić information content (AvgIpc) is 2.70. The topological polar surface area (TPSA) is 58.6 Å². The summed E-state index contributed by atoms with van der Waals surface area (Å²) in [4.78, 5) is 26.9. The zero-order valence-electron chi connectivity index (χ0n) is 15.7. The fraction of sp³-hybridized carbons (Fsp3) is 0.364. The van der Waals surface area contributed by atoms with Crippen molar-refractivity contribution in [3.05, 3.63) is 65.7 Å². The number of carbonyl (C=O) groups excluding carboxylic acids is 2. The van der Waals surface area contributed by atoms with E-state index in [9.17, 15) is 9.59 Å². The van der Waals surface area contributed by atoms with Gasteiger partial charge in [-0.25, -0.2) is 0 Å². The third kappa shape index (κ3) is 5.17. The van der Waals surface area contributed by atoms with Crippen molar-refractivity contribution in [2.75, 3.05) is 25.6 Å². The molecule has 3 rings (SSSR count). The molecule has 1 aliphatic rings. The number of anilines is 1. The van der Waals surface area contributed by atoms with E-state index >= 15 is 0 Å². The van der Waals surface area contributed by atoms with Gasteiger partial charge in [0.25, 0.3) is 0 Å². The van der Waals surface area contributed by atoms with E-state index in [-0.39, 0.29) is 17.7 Å². The van der Waals surface area contributed by atoms with Gasteiger partial charge in [-0.05, 0) is 30.0 Å². The van der Waals surface area contributed by atoms with Gasteiger partial charge in [0.05, 0.1) is 6.61 Å². The number of fused-ring (bicyclic) bond motifs is 1. The molecule has 142 valence electrons. The molecule has 2 aromatic carbocycles. The Morgan fingerprint density at radius 2 is 1.89 bits per heavy atom. The van der Waals surface area contributed by atoms with Gasteiger partial charge in [0.1, 0.15) is 0 Å². The minimum Gasteiger partial charge on any atom is -0.383 e. The molecule has 1 N–H and O–H groups in total. The first-order chi connectivity index (χ1) is 13.2. The lowest BCUT2D eigenvalue weighted by atomic mass is 9.89. The van der Waals surface area contributed by atoms with E-state index in [1.807, 2.05) is 59.5 Å². The lowest BCUT2D eigenvalue weighted by molar-refractivity contribution is -0.133. The Bertz CT molecular complexity index is 776. The van der Waals surface area contributed by atoms with Gasteiger partial charge in [-0.15, -0.1) is 0 Å². The maximum Gasteiger partial charge on any atom is 0.227 e. The molecule has 0 aliphatic carbocycles. The first-order valence-corrected chi connectivity index (χ1v) is 9.37. The van der Waals surface area contributed by atoms with Crippen LogP contribution in [0.5, 0.6) is 0 Å². The van der Waals surface area contributed by atoms with E-state index < -0.39 is 0 Å². The van der Waals surface area contributed by atoms with Crippen molar-refractivity contribution in [2.45, 2.75) is 25.8 Å². The number of rotatable bonds is 8. The number of ether oxygens (including phenoxy) is 1. The van der Waals surface area contributed by atoms with Crippen molar-refractivity contribution in [1.29, 1.82) is 0 Å². The molecule has 1 heterocycles. The van der Waals surface area contributed by atoms with E-state index in [0.29, 0.717) is 39.0 Å². The second kappa shape index (κ2) is 9.33. The van der Waals surface area contributed by atoms with E-state index in [2.05, 4.69) is 5.32 Å². The highest BCUT2D eigenvalue weighted by molar-refractivity contribution is 5.96. The van der Waals surface area contributed by atoms with Gasteiger partial charge in [-0.3, -0.25) is 9.59 Å². The SMILES string of the molecule is COCCN(Cc1ccccc1)C(=O)CCC1Cc2ccccc2NC1=O. The summed E-state index contributed by atoms with van der Waals surface area (Å²) in [6.07, 6.45) is 1.60. The summed E-state index contributed by atoms with van der Waals surface area (Å²) < 4.78 is 5.15. The van der Waals surface area contributed by atoms with Gasteiger partial charge in [-0.1, -0.05) is 48.5 Å². The third-order valence-electron chi connectivity index (χ3n) is 4.95. The number of hydrogen-bond acceptors (Lipinski definition) is 3. The summed E-state index contributed by atoms with van der Waals surface area (Å²) in [5.74, 6) is -0.0968. The predicted molar refractivity (Wildman–Crippen MR) is 105 cm³/mol. The van der Waals surface area contributed by atoms with Crippen molar-refractivity contribution >= 4 is 17.5 Å². The molecule has 2 aromatic rings. The molecule has 27 heavy (non-hydrogen) atoms. The Hall–Kier alpha value is -2.66. The molecule has 1 aliphatic heterocycles. The molecule has 1 atom stereocenters. The van der Waals surface area contributed by atoms with Gasteiger partial charge in [0.15, 0.2) is 0 Å². The van der Waals surface area contributed by atoms with Crippen molar-refractivity contribution in [2.24, 2.45) is 5.92 Å². The number of para-hydroxylation sites is 1. The van der Waals surface area contributed by atoms with Gasteiger partial charge < -0.3 is 15.0 Å². The normalized spacial score (nSPS) is 15.7. The van der Waals surface area contributed by atoms with Gasteiger partial charge >= 0.3 is 0 Å². The van der Waals surface area contributed by atoms with Crippen LogP contribution in [0, 0.1) is 5.92 Å². The lowest BCUT2D eigenvalue weighted by Crippen LogP contribution is -2.35. The predicted octanol–water partition coefficient (Wildman–Crippen LogP) is 3.25. The van der Waals surface area contributed by atoms with Crippen LogP contribution >= 0.6 is 0 Å². The van der Waals surface area contributed by atoms with Crippen LogP contribution in [0.4, 0.5) is 5.69 Å². The molecular weight excluding hydrogens is 340 g/mol. The molecular formula is C22H26N2O3. The van der Waals surface area contributed by atoms with E-state index in [4.69, 9.17) is 4.74 Å². The third-order valence-corrected chi connectivity index (χ3v) is 4.95. The molecule has 0 spiro atoms. The largest absolute Gasteiger partial charge is 0.383 e. The van der Waals surface area contributed by atoms with Crippen molar-refractivity contribution in [1.82, 2.24) is 4.90 Å². The first kappa shape index (κ1) is 19.1. The maximum absolute atomic E-state index is 12.8. The second-order valence-electron chi connectivity index (χ2n) is 6.88. The maximum atomic E-state index is 12.8. The van der Waals surface area contributed by atoms with E-state index in [1.165, 1.54) is 0 Å². The Kier molecular flexibility index (Phi) is 6.60. The number of nitrogens with zero attached hydrogens (tertiary/aromatic N) is 1. The zero-order chi connectivity index (χ0) is 19.1. The van der Waals surface area contributed by atoms with Crippen LogP contribution in [0.1, 0.15) is 24.0 Å². The summed E-state index contributed by atoms with van der Waals surface area (Å²) in [5.41, 5.74) is 3.11. The molecule has 0 bridgehead atoms. The van der Waals surface area contributed by atoms with Crippen molar-refractivity contribution in [3.63, 3.8) is 0 Å². The molecule has 0 radical (unpaired) electrons. The molecule has 5 nitrogen and oxygen atoms in total. The van der Waals surface area contributed by atoms with Gasteiger partial charge in [0.2, 0.25) is 11.8 Å². The number of hydrogen-bond donors (Lipinski definition) is 1. The highest BCUT2D eigenvalue weighted by Gasteiger charge is 2.27. The fourth-order valence-corrected chi connectivity index (χ4v) is 3.40. The minimum atomic E-state index is -0.162. The highest BCUT2D eigenvalue weighted by atomic mass is 16.5. The average molecular weight is 366 g/mol. The molecule has 0 aromatic heterocycles. The Balaban J connectivity index is 1.59. The number of methoxy groups -OCH3 is 1. The van der Waals surface area contributed by atoms with Crippen LogP contribution in [0.15, 0.2) is 54.6 Å². The Morgan fingerprint density at radius 1 is 1.15 bits per heavy atom. The molecule has 2 amide bonds. The quantitative estimate of drug-likeness (QED) is 0.780. The zero-order valence-corrected chi connectivity index (χ0v) is 15.7. The van der Waals surface area contributed by atoms with Gasteiger partial charge in [0, 0.05) is 38.2 Å². The highest BCUT2D eigenvalue weighted by Crippen LogP contribution is 2.27. The standard InChI is InChI=1S/C22H26N2O3/c1-27-14-13-24(16-17-7-3-2-4-8-17)21(25)12-11-19-15-18-9-5-6-10-20(18)23-22(19)26/h2-10,19H,11-16H2,1H3,(H,23,26). The fourth-order valence-electron chi connectivity index (χ4n) is 3.40. The van der Waals surface area contributed by atoms with Crippen LogP contribution in [0.3, 0.4) is 0 Å². The summed E-state index contributed by atoms with van der Waals surface area (Å²) in [7, 11) is 1.63. The summed E-state index contributed by atoms with van der Waals surface area (Å²) in [6, 6.07) is 17.8. The van der Waals surface area contributed by atoms with E-state index in [0.717, 1.165) is 16.8 Å². The number of benzene rings is 2. The molecule has 0 saturated heterocycles. The molecule has 0 saturated carbocycles.